The number of nitrogens with zero attached hydrogens (tertiary/aromatic N) is 2. The Hall–Kier alpha value is -1.85. The number of methoxy groups -OCH3 is 1. The highest BCUT2D eigenvalue weighted by Crippen LogP contribution is 2.32. The zero-order valence-corrected chi connectivity index (χ0v) is 9.88. The standard InChI is InChI=1S/C11H6BrFN2O/c1-16-11-8(4-7(5-14)6-15)2-3-9(13)10(11)12/h2-4H,1H3. The largest absolute Gasteiger partial charge is 0.495 e. The summed E-state index contributed by atoms with van der Waals surface area (Å²) in [6.45, 7) is 0. The summed E-state index contributed by atoms with van der Waals surface area (Å²) in [6, 6.07) is 6.11. The van der Waals surface area contributed by atoms with Gasteiger partial charge in [-0.3, -0.25) is 0 Å². The van der Waals surface area contributed by atoms with Crippen LogP contribution in [0.1, 0.15) is 5.56 Å². The molecule has 0 N–H and O–H groups in total. The minimum atomic E-state index is -0.468. The van der Waals surface area contributed by atoms with E-state index in [1.165, 1.54) is 25.3 Å². The van der Waals surface area contributed by atoms with Gasteiger partial charge in [-0.25, -0.2) is 4.39 Å². The summed E-state index contributed by atoms with van der Waals surface area (Å²) >= 11 is 3.03. The summed E-state index contributed by atoms with van der Waals surface area (Å²) < 4.78 is 18.3. The first-order valence-electron chi connectivity index (χ1n) is 4.18. The molecule has 0 atom stereocenters. The summed E-state index contributed by atoms with van der Waals surface area (Å²) in [6.07, 6.45) is 1.34. The van der Waals surface area contributed by atoms with E-state index in [9.17, 15) is 4.39 Å². The molecule has 0 radical (unpaired) electrons. The number of hydrogen-bond donors (Lipinski definition) is 0. The van der Waals surface area contributed by atoms with Crippen LogP contribution in [0, 0.1) is 28.5 Å². The molecule has 0 bridgehead atoms. The Morgan fingerprint density at radius 1 is 1.44 bits per heavy atom. The quantitative estimate of drug-likeness (QED) is 0.783. The second-order valence-corrected chi connectivity index (χ2v) is 3.56. The van der Waals surface area contributed by atoms with Crippen molar-refractivity contribution in [3.05, 3.63) is 33.6 Å². The summed E-state index contributed by atoms with van der Waals surface area (Å²) in [4.78, 5) is 0. The van der Waals surface area contributed by atoms with Crippen LogP contribution in [0.15, 0.2) is 22.2 Å². The molecule has 0 saturated carbocycles. The Morgan fingerprint density at radius 2 is 2.06 bits per heavy atom. The number of hydrogen-bond acceptors (Lipinski definition) is 3. The third-order valence-corrected chi connectivity index (χ3v) is 2.56. The summed E-state index contributed by atoms with van der Waals surface area (Å²) in [7, 11) is 1.38. The van der Waals surface area contributed by atoms with Crippen LogP contribution in [0.3, 0.4) is 0 Å². The van der Waals surface area contributed by atoms with E-state index < -0.39 is 5.82 Å². The maximum absolute atomic E-state index is 13.2. The predicted octanol–water partition coefficient (Wildman–Crippen LogP) is 3.03. The lowest BCUT2D eigenvalue weighted by molar-refractivity contribution is 0.407. The molecule has 3 nitrogen and oxygen atoms in total. The van der Waals surface area contributed by atoms with Gasteiger partial charge in [-0.15, -0.1) is 0 Å². The molecule has 0 aliphatic heterocycles. The number of halogens is 2. The zero-order chi connectivity index (χ0) is 12.1. The molecule has 0 aromatic heterocycles. The number of allylic oxidation sites excluding steroid dienone is 1. The van der Waals surface area contributed by atoms with Gasteiger partial charge in [0.05, 0.1) is 11.6 Å². The van der Waals surface area contributed by atoms with Crippen LogP contribution in [0.5, 0.6) is 5.75 Å². The highest BCUT2D eigenvalue weighted by molar-refractivity contribution is 9.10. The molecule has 0 amide bonds. The van der Waals surface area contributed by atoms with E-state index in [2.05, 4.69) is 15.9 Å². The number of nitriles is 2. The second-order valence-electron chi connectivity index (χ2n) is 2.77. The maximum Gasteiger partial charge on any atom is 0.143 e. The van der Waals surface area contributed by atoms with E-state index in [-0.39, 0.29) is 15.8 Å². The monoisotopic (exact) mass is 280 g/mol. The molecule has 5 heteroatoms. The number of rotatable bonds is 2. The van der Waals surface area contributed by atoms with Gasteiger partial charge < -0.3 is 4.74 Å². The molecule has 80 valence electrons. The predicted molar refractivity (Wildman–Crippen MR) is 59.9 cm³/mol. The summed E-state index contributed by atoms with van der Waals surface area (Å²) in [5.74, 6) is -0.215. The fourth-order valence-electron chi connectivity index (χ4n) is 1.11. The molecule has 1 aromatic rings. The van der Waals surface area contributed by atoms with Crippen molar-refractivity contribution < 1.29 is 9.13 Å². The topological polar surface area (TPSA) is 56.8 Å². The van der Waals surface area contributed by atoms with Gasteiger partial charge in [0.2, 0.25) is 0 Å². The average Bonchev–Trinajstić information content (AvgIpc) is 2.30. The van der Waals surface area contributed by atoms with Gasteiger partial charge in [-0.2, -0.15) is 10.5 Å². The molecule has 0 spiro atoms. The lowest BCUT2D eigenvalue weighted by Crippen LogP contribution is -1.91. The van der Waals surface area contributed by atoms with Crippen molar-refractivity contribution in [2.75, 3.05) is 7.11 Å². The molecule has 0 aliphatic rings. The van der Waals surface area contributed by atoms with E-state index in [1.807, 2.05) is 0 Å². The lowest BCUT2D eigenvalue weighted by atomic mass is 10.1. The van der Waals surface area contributed by atoms with Crippen molar-refractivity contribution >= 4 is 22.0 Å². The molecule has 0 saturated heterocycles. The average molecular weight is 281 g/mol. The van der Waals surface area contributed by atoms with E-state index in [0.717, 1.165) is 0 Å². The smallest absolute Gasteiger partial charge is 0.143 e. The molecule has 1 aromatic carbocycles. The first kappa shape index (κ1) is 12.2. The van der Waals surface area contributed by atoms with Crippen LogP contribution in [0.2, 0.25) is 0 Å². The Morgan fingerprint density at radius 3 is 2.56 bits per heavy atom. The summed E-state index contributed by atoms with van der Waals surface area (Å²) in [5, 5.41) is 17.2. The van der Waals surface area contributed by atoms with Crippen LogP contribution in [-0.2, 0) is 0 Å². The van der Waals surface area contributed by atoms with Crippen LogP contribution < -0.4 is 4.74 Å². The normalized spacial score (nSPS) is 8.81. The van der Waals surface area contributed by atoms with Gasteiger partial charge in [0.1, 0.15) is 29.3 Å². The van der Waals surface area contributed by atoms with Crippen molar-refractivity contribution in [2.24, 2.45) is 0 Å². The third-order valence-electron chi connectivity index (χ3n) is 1.83. The first-order chi connectivity index (χ1) is 7.63. The van der Waals surface area contributed by atoms with E-state index in [4.69, 9.17) is 15.3 Å². The lowest BCUT2D eigenvalue weighted by Gasteiger charge is -2.07. The first-order valence-corrected chi connectivity index (χ1v) is 4.97. The minimum absolute atomic E-state index is 0.0724. The third kappa shape index (κ3) is 2.39. The molecular weight excluding hydrogens is 275 g/mol. The minimum Gasteiger partial charge on any atom is -0.495 e. The van der Waals surface area contributed by atoms with Gasteiger partial charge >= 0.3 is 0 Å². The molecule has 0 aliphatic carbocycles. The van der Waals surface area contributed by atoms with Crippen LogP contribution in [0.25, 0.3) is 6.08 Å². The van der Waals surface area contributed by atoms with E-state index >= 15 is 0 Å². The van der Waals surface area contributed by atoms with Crippen LogP contribution in [-0.4, -0.2) is 7.11 Å². The molecule has 0 heterocycles. The SMILES string of the molecule is COc1c(C=C(C#N)C#N)ccc(F)c1Br. The van der Waals surface area contributed by atoms with Gasteiger partial charge in [0, 0.05) is 5.56 Å². The van der Waals surface area contributed by atoms with Gasteiger partial charge in [0.15, 0.2) is 0 Å². The van der Waals surface area contributed by atoms with E-state index in [0.29, 0.717) is 5.56 Å². The van der Waals surface area contributed by atoms with Crippen molar-refractivity contribution in [2.45, 2.75) is 0 Å². The molecule has 0 fully saturated rings. The number of benzene rings is 1. The molecular formula is C11H6BrFN2O. The zero-order valence-electron chi connectivity index (χ0n) is 8.29. The van der Waals surface area contributed by atoms with Gasteiger partial charge in [-0.1, -0.05) is 0 Å². The van der Waals surface area contributed by atoms with Gasteiger partial charge in [-0.05, 0) is 34.1 Å². The molecule has 1 rings (SSSR count). The fourth-order valence-corrected chi connectivity index (χ4v) is 1.64. The van der Waals surface area contributed by atoms with Crippen molar-refractivity contribution in [1.29, 1.82) is 10.5 Å². The van der Waals surface area contributed by atoms with Crippen LogP contribution >= 0.6 is 15.9 Å². The van der Waals surface area contributed by atoms with Gasteiger partial charge in [0.25, 0.3) is 0 Å². The molecule has 16 heavy (non-hydrogen) atoms. The van der Waals surface area contributed by atoms with E-state index in [1.54, 1.807) is 12.1 Å². The fraction of sp³-hybridized carbons (Fsp3) is 0.0909. The Kier molecular flexibility index (Phi) is 4.04. The van der Waals surface area contributed by atoms with Crippen molar-refractivity contribution in [3.8, 4) is 17.9 Å². The van der Waals surface area contributed by atoms with Crippen molar-refractivity contribution in [3.63, 3.8) is 0 Å². The Bertz CT molecular complexity index is 510. The maximum atomic E-state index is 13.2. The Balaban J connectivity index is 3.38. The second kappa shape index (κ2) is 5.29. The molecule has 0 unspecified atom stereocenters. The highest BCUT2D eigenvalue weighted by Gasteiger charge is 2.11. The summed E-state index contributed by atoms with van der Waals surface area (Å²) in [5.41, 5.74) is 0.394. The highest BCUT2D eigenvalue weighted by atomic mass is 79.9. The van der Waals surface area contributed by atoms with Crippen molar-refractivity contribution in [1.82, 2.24) is 0 Å². The number of ether oxygens (including phenoxy) is 1. The Labute approximate surface area is 100 Å². The van der Waals surface area contributed by atoms with Crippen LogP contribution in [0.4, 0.5) is 4.39 Å².